The van der Waals surface area contributed by atoms with Crippen molar-refractivity contribution < 1.29 is 14.3 Å². The van der Waals surface area contributed by atoms with Crippen LogP contribution in [0, 0.1) is 0 Å². The number of nitrogens with zero attached hydrogens (tertiary/aromatic N) is 1. The maximum absolute atomic E-state index is 11.0. The second kappa shape index (κ2) is 4.23. The van der Waals surface area contributed by atoms with Crippen LogP contribution in [0.2, 0.25) is 0 Å². The van der Waals surface area contributed by atoms with Gasteiger partial charge in [-0.1, -0.05) is 6.58 Å². The van der Waals surface area contributed by atoms with Crippen molar-refractivity contribution in [3.63, 3.8) is 0 Å². The summed E-state index contributed by atoms with van der Waals surface area (Å²) in [5.74, 6) is -0.117. The molecular formula is C8H13NO3. The number of rotatable bonds is 3. The quantitative estimate of drug-likeness (QED) is 0.561. The maximum Gasteiger partial charge on any atom is 0.245 e. The Balaban J connectivity index is 2.29. The highest BCUT2D eigenvalue weighted by Crippen LogP contribution is 2.04. The summed E-state index contributed by atoms with van der Waals surface area (Å²) < 4.78 is 10.3. The van der Waals surface area contributed by atoms with Gasteiger partial charge in [-0.05, 0) is 6.08 Å². The van der Waals surface area contributed by atoms with Crippen LogP contribution < -0.4 is 0 Å². The molecular weight excluding hydrogens is 158 g/mol. The Morgan fingerprint density at radius 2 is 2.25 bits per heavy atom. The van der Waals surface area contributed by atoms with Gasteiger partial charge in [0.2, 0.25) is 5.91 Å². The number of carbonyl (C=O) groups is 1. The molecule has 4 heteroatoms. The predicted molar refractivity (Wildman–Crippen MR) is 43.5 cm³/mol. The molecule has 4 nitrogen and oxygen atoms in total. The van der Waals surface area contributed by atoms with Crippen molar-refractivity contribution in [2.24, 2.45) is 0 Å². The first kappa shape index (κ1) is 9.22. The lowest BCUT2D eigenvalue weighted by Crippen LogP contribution is -2.33. The number of hydrogen-bond donors (Lipinski definition) is 0. The van der Waals surface area contributed by atoms with E-state index in [0.717, 1.165) is 0 Å². The number of ether oxygens (including phenoxy) is 2. The van der Waals surface area contributed by atoms with Gasteiger partial charge in [0.1, 0.15) is 0 Å². The Morgan fingerprint density at radius 3 is 2.75 bits per heavy atom. The predicted octanol–water partition coefficient (Wildman–Crippen LogP) is 0.00370. The molecule has 1 amide bonds. The summed E-state index contributed by atoms with van der Waals surface area (Å²) in [6.45, 7) is 5.07. The van der Waals surface area contributed by atoms with Crippen LogP contribution in [0.5, 0.6) is 0 Å². The van der Waals surface area contributed by atoms with Crippen molar-refractivity contribution in [3.05, 3.63) is 12.7 Å². The van der Waals surface area contributed by atoms with Gasteiger partial charge in [0.25, 0.3) is 0 Å². The van der Waals surface area contributed by atoms with Crippen LogP contribution in [0.25, 0.3) is 0 Å². The van der Waals surface area contributed by atoms with E-state index in [-0.39, 0.29) is 12.2 Å². The lowest BCUT2D eigenvalue weighted by molar-refractivity contribution is -0.130. The van der Waals surface area contributed by atoms with Crippen molar-refractivity contribution in [2.45, 2.75) is 6.29 Å². The molecule has 12 heavy (non-hydrogen) atoms. The van der Waals surface area contributed by atoms with E-state index in [4.69, 9.17) is 9.47 Å². The van der Waals surface area contributed by atoms with Gasteiger partial charge in [0, 0.05) is 7.05 Å². The Labute approximate surface area is 71.7 Å². The number of carbonyl (C=O) groups excluding carboxylic acids is 1. The molecule has 0 aromatic rings. The Hall–Kier alpha value is -0.870. The fraction of sp³-hybridized carbons (Fsp3) is 0.625. The van der Waals surface area contributed by atoms with E-state index in [2.05, 4.69) is 6.58 Å². The van der Waals surface area contributed by atoms with Gasteiger partial charge in [0.05, 0.1) is 19.8 Å². The monoisotopic (exact) mass is 171 g/mol. The molecule has 1 heterocycles. The first-order valence-electron chi connectivity index (χ1n) is 3.85. The zero-order valence-corrected chi connectivity index (χ0v) is 7.16. The second-order valence-corrected chi connectivity index (χ2v) is 2.59. The molecule has 1 aliphatic heterocycles. The summed E-state index contributed by atoms with van der Waals surface area (Å²) in [5, 5.41) is 0. The van der Waals surface area contributed by atoms with Gasteiger partial charge >= 0.3 is 0 Å². The van der Waals surface area contributed by atoms with Gasteiger partial charge in [-0.25, -0.2) is 0 Å². The number of amides is 1. The van der Waals surface area contributed by atoms with E-state index in [9.17, 15) is 4.79 Å². The van der Waals surface area contributed by atoms with E-state index < -0.39 is 0 Å². The second-order valence-electron chi connectivity index (χ2n) is 2.59. The van der Waals surface area contributed by atoms with Crippen molar-refractivity contribution in [3.8, 4) is 0 Å². The van der Waals surface area contributed by atoms with Gasteiger partial charge in [-0.3, -0.25) is 4.79 Å². The minimum atomic E-state index is -0.265. The topological polar surface area (TPSA) is 38.8 Å². The summed E-state index contributed by atoms with van der Waals surface area (Å²) in [6.07, 6.45) is 1.01. The normalized spacial score (nSPS) is 17.8. The zero-order valence-electron chi connectivity index (χ0n) is 7.16. The molecule has 0 atom stereocenters. The van der Waals surface area contributed by atoms with Crippen LogP contribution in [0.4, 0.5) is 0 Å². The third kappa shape index (κ3) is 2.32. The van der Waals surface area contributed by atoms with Crippen molar-refractivity contribution in [1.82, 2.24) is 4.90 Å². The molecule has 0 bridgehead atoms. The molecule has 1 saturated heterocycles. The molecule has 0 aromatic carbocycles. The summed E-state index contributed by atoms with van der Waals surface area (Å²) in [7, 11) is 1.69. The van der Waals surface area contributed by atoms with Gasteiger partial charge in [0.15, 0.2) is 6.29 Å². The smallest absolute Gasteiger partial charge is 0.245 e. The van der Waals surface area contributed by atoms with Crippen LogP contribution >= 0.6 is 0 Å². The molecule has 1 fully saturated rings. The van der Waals surface area contributed by atoms with Crippen LogP contribution in [-0.2, 0) is 14.3 Å². The maximum atomic E-state index is 11.0. The molecule has 1 rings (SSSR count). The largest absolute Gasteiger partial charge is 0.348 e. The minimum Gasteiger partial charge on any atom is -0.348 e. The molecule has 0 N–H and O–H groups in total. The fourth-order valence-corrected chi connectivity index (χ4v) is 0.982. The highest BCUT2D eigenvalue weighted by atomic mass is 16.7. The van der Waals surface area contributed by atoms with Crippen LogP contribution in [0.15, 0.2) is 12.7 Å². The lowest BCUT2D eigenvalue weighted by atomic mass is 10.5. The Bertz CT molecular complexity index is 175. The van der Waals surface area contributed by atoms with Crippen molar-refractivity contribution in [2.75, 3.05) is 26.8 Å². The van der Waals surface area contributed by atoms with E-state index >= 15 is 0 Å². The first-order chi connectivity index (χ1) is 5.74. The standard InChI is InChI=1S/C8H13NO3/c1-3-7(10)9(2)6-8-11-4-5-12-8/h3,8H,1,4-6H2,2H3. The SMILES string of the molecule is C=CC(=O)N(C)CC1OCCO1. The molecule has 0 aromatic heterocycles. The Morgan fingerprint density at radius 1 is 1.67 bits per heavy atom. The fourth-order valence-electron chi connectivity index (χ4n) is 0.982. The summed E-state index contributed by atoms with van der Waals surface area (Å²) in [5.41, 5.74) is 0. The van der Waals surface area contributed by atoms with Gasteiger partial charge in [-0.2, -0.15) is 0 Å². The van der Waals surface area contributed by atoms with Crippen molar-refractivity contribution in [1.29, 1.82) is 0 Å². The Kier molecular flexibility index (Phi) is 3.25. The number of hydrogen-bond acceptors (Lipinski definition) is 3. The minimum absolute atomic E-state index is 0.117. The molecule has 0 radical (unpaired) electrons. The average Bonchev–Trinajstić information content (AvgIpc) is 2.55. The van der Waals surface area contributed by atoms with Gasteiger partial charge < -0.3 is 14.4 Å². The molecule has 0 saturated carbocycles. The van der Waals surface area contributed by atoms with Crippen molar-refractivity contribution >= 4 is 5.91 Å². The third-order valence-electron chi connectivity index (χ3n) is 1.66. The third-order valence-corrected chi connectivity index (χ3v) is 1.66. The summed E-state index contributed by atoms with van der Waals surface area (Å²) in [4.78, 5) is 12.5. The molecule has 1 aliphatic rings. The van der Waals surface area contributed by atoms with E-state index in [0.29, 0.717) is 19.8 Å². The summed E-state index contributed by atoms with van der Waals surface area (Å²) >= 11 is 0. The van der Waals surface area contributed by atoms with E-state index in [1.807, 2.05) is 0 Å². The van der Waals surface area contributed by atoms with E-state index in [1.54, 1.807) is 7.05 Å². The lowest BCUT2D eigenvalue weighted by Gasteiger charge is -2.18. The molecule has 0 unspecified atom stereocenters. The van der Waals surface area contributed by atoms with Gasteiger partial charge in [-0.15, -0.1) is 0 Å². The molecule has 0 spiro atoms. The van der Waals surface area contributed by atoms with Crippen LogP contribution in [0.3, 0.4) is 0 Å². The zero-order chi connectivity index (χ0) is 8.97. The van der Waals surface area contributed by atoms with Crippen LogP contribution in [0.1, 0.15) is 0 Å². The summed E-state index contributed by atoms with van der Waals surface area (Å²) in [6, 6.07) is 0. The molecule has 68 valence electrons. The highest BCUT2D eigenvalue weighted by molar-refractivity contribution is 5.86. The van der Waals surface area contributed by atoms with Crippen LogP contribution in [-0.4, -0.2) is 43.9 Å². The number of likely N-dealkylation sites (N-methyl/N-ethyl adjacent to an activating group) is 1. The molecule has 0 aliphatic carbocycles. The average molecular weight is 171 g/mol. The highest BCUT2D eigenvalue weighted by Gasteiger charge is 2.18. The first-order valence-corrected chi connectivity index (χ1v) is 3.85. The van der Waals surface area contributed by atoms with E-state index in [1.165, 1.54) is 11.0 Å².